The van der Waals surface area contributed by atoms with Crippen LogP contribution in [0.3, 0.4) is 0 Å². The van der Waals surface area contributed by atoms with Gasteiger partial charge < -0.3 is 15.3 Å². The minimum absolute atomic E-state index is 0.273. The number of ketones is 3. The van der Waals surface area contributed by atoms with Crippen molar-refractivity contribution in [3.05, 3.63) is 0 Å². The molecule has 0 amide bonds. The third-order valence-electron chi connectivity index (χ3n) is 29.4. The van der Waals surface area contributed by atoms with E-state index in [0.717, 1.165) is 129 Å². The standard InChI is InChI=1S/3C23H38O2/c3*1-5-23-13-12-21(3,25)14-16(23)6-7-17-19-9-8-18(15(2)24)22(19,4)11-10-20(17)23/h3*16-20,25H,5-14H2,1-4H3/t3*16-,17+,18-,19+,20+,21-,22-,23+/m111/s1. The van der Waals surface area contributed by atoms with Gasteiger partial charge in [-0.05, 0) is 338 Å². The summed E-state index contributed by atoms with van der Waals surface area (Å²) in [5.41, 5.74) is 0.923. The fourth-order valence-corrected chi connectivity index (χ4v) is 25.8. The second-order valence-corrected chi connectivity index (χ2v) is 32.2. The van der Waals surface area contributed by atoms with Crippen molar-refractivity contribution in [3.8, 4) is 0 Å². The average molecular weight is 1040 g/mol. The molecule has 0 aromatic carbocycles. The Morgan fingerprint density at radius 3 is 0.813 bits per heavy atom. The monoisotopic (exact) mass is 1040 g/mol. The first-order chi connectivity index (χ1) is 35.2. The summed E-state index contributed by atoms with van der Waals surface area (Å²) in [6, 6.07) is 0. The van der Waals surface area contributed by atoms with Gasteiger partial charge in [0, 0.05) is 17.8 Å². The second-order valence-electron chi connectivity index (χ2n) is 32.2. The van der Waals surface area contributed by atoms with E-state index in [1.54, 1.807) is 0 Å². The molecule has 24 atom stereocenters. The Bertz CT molecular complexity index is 1890. The van der Waals surface area contributed by atoms with E-state index in [9.17, 15) is 29.7 Å². The summed E-state index contributed by atoms with van der Waals surface area (Å²) in [5, 5.41) is 32.0. The van der Waals surface area contributed by atoms with Gasteiger partial charge in [0.25, 0.3) is 0 Å². The zero-order chi connectivity index (χ0) is 54.1. The van der Waals surface area contributed by atoms with E-state index in [2.05, 4.69) is 62.3 Å². The zero-order valence-electron chi connectivity index (χ0n) is 50.4. The molecule has 12 rings (SSSR count). The van der Waals surface area contributed by atoms with Crippen molar-refractivity contribution in [2.75, 3.05) is 0 Å². The molecule has 6 heteroatoms. The molecule has 0 spiro atoms. The highest BCUT2D eigenvalue weighted by molar-refractivity contribution is 5.80. The van der Waals surface area contributed by atoms with Crippen LogP contribution in [0.15, 0.2) is 0 Å². The molecule has 12 aliphatic carbocycles. The molecular formula is C69H114O6. The number of carbonyl (C=O) groups is 3. The van der Waals surface area contributed by atoms with Gasteiger partial charge >= 0.3 is 0 Å². The molecule has 6 nitrogen and oxygen atoms in total. The number of aliphatic hydroxyl groups is 3. The Labute approximate surface area is 458 Å². The Kier molecular flexibility index (Phi) is 15.3. The molecule has 0 aliphatic heterocycles. The molecule has 75 heavy (non-hydrogen) atoms. The summed E-state index contributed by atoms with van der Waals surface area (Å²) in [6.07, 6.45) is 36.5. The lowest BCUT2D eigenvalue weighted by atomic mass is 9.42. The maximum Gasteiger partial charge on any atom is 0.133 e. The molecule has 0 aromatic rings. The highest BCUT2D eigenvalue weighted by Crippen LogP contribution is 2.72. The fraction of sp³-hybridized carbons (Fsp3) is 0.957. The van der Waals surface area contributed by atoms with Gasteiger partial charge in [-0.2, -0.15) is 0 Å². The lowest BCUT2D eigenvalue weighted by Gasteiger charge is -2.63. The first kappa shape index (κ1) is 57.1. The second kappa shape index (κ2) is 20.1. The Morgan fingerprint density at radius 1 is 0.333 bits per heavy atom. The van der Waals surface area contributed by atoms with Crippen LogP contribution in [0.4, 0.5) is 0 Å². The van der Waals surface area contributed by atoms with Crippen LogP contribution >= 0.6 is 0 Å². The molecule has 0 unspecified atom stereocenters. The van der Waals surface area contributed by atoms with Gasteiger partial charge in [0.1, 0.15) is 17.3 Å². The molecule has 0 aromatic heterocycles. The third kappa shape index (κ3) is 9.17. The van der Waals surface area contributed by atoms with Crippen LogP contribution in [0.2, 0.25) is 0 Å². The van der Waals surface area contributed by atoms with E-state index in [0.29, 0.717) is 51.3 Å². The molecule has 426 valence electrons. The van der Waals surface area contributed by atoms with Gasteiger partial charge in [0.05, 0.1) is 16.8 Å². The van der Waals surface area contributed by atoms with Crippen molar-refractivity contribution < 1.29 is 29.7 Å². The predicted molar refractivity (Wildman–Crippen MR) is 303 cm³/mol. The Hall–Kier alpha value is -1.11. The summed E-state index contributed by atoms with van der Waals surface area (Å²) >= 11 is 0. The summed E-state index contributed by atoms with van der Waals surface area (Å²) in [5.74, 6) is 11.8. The van der Waals surface area contributed by atoms with Gasteiger partial charge in [-0.15, -0.1) is 0 Å². The number of hydrogen-bond donors (Lipinski definition) is 3. The van der Waals surface area contributed by atoms with E-state index >= 15 is 0 Å². The molecule has 3 N–H and O–H groups in total. The Morgan fingerprint density at radius 2 is 0.587 bits per heavy atom. The van der Waals surface area contributed by atoms with Crippen LogP contribution < -0.4 is 0 Å². The van der Waals surface area contributed by atoms with Crippen molar-refractivity contribution >= 4 is 17.3 Å². The third-order valence-corrected chi connectivity index (χ3v) is 29.4. The summed E-state index contributed by atoms with van der Waals surface area (Å²) in [6.45, 7) is 26.3. The molecular weight excluding hydrogens is 925 g/mol. The largest absolute Gasteiger partial charge is 0.390 e. The molecule has 12 aliphatic rings. The normalized spacial score (nSPS) is 55.2. The molecule has 0 bridgehead atoms. The average Bonchev–Trinajstić information content (AvgIpc) is 4.07. The van der Waals surface area contributed by atoms with Crippen LogP contribution in [-0.2, 0) is 14.4 Å². The molecule has 12 saturated carbocycles. The first-order valence-electron chi connectivity index (χ1n) is 32.9. The van der Waals surface area contributed by atoms with Crippen LogP contribution in [0.1, 0.15) is 276 Å². The summed E-state index contributed by atoms with van der Waals surface area (Å²) in [7, 11) is 0. The summed E-state index contributed by atoms with van der Waals surface area (Å²) < 4.78 is 0. The van der Waals surface area contributed by atoms with Crippen LogP contribution in [-0.4, -0.2) is 49.5 Å². The molecule has 0 radical (unpaired) electrons. The highest BCUT2D eigenvalue weighted by atomic mass is 16.3. The molecule has 12 fully saturated rings. The lowest BCUT2D eigenvalue weighted by molar-refractivity contribution is -0.158. The fourth-order valence-electron chi connectivity index (χ4n) is 25.8. The quantitative estimate of drug-likeness (QED) is 0.244. The van der Waals surface area contributed by atoms with E-state index in [1.165, 1.54) is 135 Å². The number of fused-ring (bicyclic) bond motifs is 15. The van der Waals surface area contributed by atoms with Crippen molar-refractivity contribution in [1.29, 1.82) is 0 Å². The van der Waals surface area contributed by atoms with Gasteiger partial charge in [-0.25, -0.2) is 0 Å². The highest BCUT2D eigenvalue weighted by Gasteiger charge is 2.66. The van der Waals surface area contributed by atoms with Crippen LogP contribution in [0.5, 0.6) is 0 Å². The zero-order valence-corrected chi connectivity index (χ0v) is 50.4. The molecule has 0 saturated heterocycles. The predicted octanol–water partition coefficient (Wildman–Crippen LogP) is 16.1. The van der Waals surface area contributed by atoms with E-state index in [-0.39, 0.29) is 16.2 Å². The van der Waals surface area contributed by atoms with Crippen molar-refractivity contribution in [2.45, 2.75) is 293 Å². The van der Waals surface area contributed by atoms with Gasteiger partial charge in [-0.3, -0.25) is 14.4 Å². The van der Waals surface area contributed by atoms with Gasteiger partial charge in [0.2, 0.25) is 0 Å². The minimum Gasteiger partial charge on any atom is -0.390 e. The number of rotatable bonds is 6. The maximum atomic E-state index is 12.3. The van der Waals surface area contributed by atoms with Gasteiger partial charge in [0.15, 0.2) is 0 Å². The van der Waals surface area contributed by atoms with Crippen molar-refractivity contribution in [2.24, 2.45) is 121 Å². The van der Waals surface area contributed by atoms with Gasteiger partial charge in [-0.1, -0.05) is 41.5 Å². The van der Waals surface area contributed by atoms with E-state index < -0.39 is 16.8 Å². The maximum absolute atomic E-state index is 12.3. The lowest BCUT2D eigenvalue weighted by Crippen LogP contribution is -2.56. The number of Topliss-reactive ketones (excluding diaryl/α,β-unsaturated/α-hetero) is 3. The van der Waals surface area contributed by atoms with Crippen molar-refractivity contribution in [3.63, 3.8) is 0 Å². The van der Waals surface area contributed by atoms with Crippen LogP contribution in [0, 0.1) is 121 Å². The summed E-state index contributed by atoms with van der Waals surface area (Å²) in [4.78, 5) is 36.8. The first-order valence-corrected chi connectivity index (χ1v) is 32.9. The molecule has 0 heterocycles. The van der Waals surface area contributed by atoms with E-state index in [4.69, 9.17) is 0 Å². The SMILES string of the molecule is CC[C@]12CC[C@@](C)(O)C[C@H]1CC[C@H]1[C@@H]3CC[C@H](C(C)=O)[C@@]3(C)CC[C@@H]12.CC[C@]12CC[C@@](C)(O)C[C@H]1CC[C@H]1[C@@H]3CC[C@H](C(C)=O)[C@@]3(C)CC[C@@H]12.CC[C@]12CC[C@@](C)(O)C[C@H]1CC[C@H]1[C@@H]3CC[C@H](C(C)=O)[C@@]3(C)CC[C@@H]12. The Balaban J connectivity index is 0.000000128. The van der Waals surface area contributed by atoms with Crippen LogP contribution in [0.25, 0.3) is 0 Å². The topological polar surface area (TPSA) is 112 Å². The van der Waals surface area contributed by atoms with E-state index in [1.807, 2.05) is 20.8 Å². The number of hydrogen-bond acceptors (Lipinski definition) is 6. The smallest absolute Gasteiger partial charge is 0.133 e. The number of carbonyl (C=O) groups excluding carboxylic acids is 3. The minimum atomic E-state index is -0.438. The van der Waals surface area contributed by atoms with Crippen molar-refractivity contribution in [1.82, 2.24) is 0 Å².